The van der Waals surface area contributed by atoms with E-state index in [1.165, 1.54) is 6.07 Å². The first-order valence-electron chi connectivity index (χ1n) is 9.48. The van der Waals surface area contributed by atoms with Crippen molar-refractivity contribution in [1.29, 1.82) is 0 Å². The van der Waals surface area contributed by atoms with E-state index < -0.39 is 5.82 Å². The molecule has 156 valence electrons. The molecule has 0 aliphatic heterocycles. The van der Waals surface area contributed by atoms with Crippen molar-refractivity contribution in [3.05, 3.63) is 89.1 Å². The lowest BCUT2D eigenvalue weighted by molar-refractivity contribution is -0.115. The molecule has 6 nitrogen and oxygen atoms in total. The number of methoxy groups -OCH3 is 1. The zero-order valence-corrected chi connectivity index (χ0v) is 16.8. The molecule has 2 amide bonds. The number of rotatable bonds is 8. The molecule has 0 radical (unpaired) electrons. The monoisotopic (exact) mass is 410 g/mol. The van der Waals surface area contributed by atoms with Crippen molar-refractivity contribution in [2.24, 2.45) is 0 Å². The summed E-state index contributed by atoms with van der Waals surface area (Å²) in [5.74, 6) is -0.323. The smallest absolute Gasteiger partial charge is 0.287 e. The Morgan fingerprint density at radius 2 is 1.90 bits per heavy atom. The number of hydrogen-bond donors (Lipinski definition) is 2. The molecular weight excluding hydrogens is 387 g/mol. The molecule has 0 fully saturated rings. The molecule has 1 heterocycles. The Labute approximate surface area is 174 Å². The molecular formula is C23H23FN2O4. The van der Waals surface area contributed by atoms with E-state index in [2.05, 4.69) is 10.6 Å². The Balaban J connectivity index is 1.61. The molecule has 7 heteroatoms. The minimum atomic E-state index is -0.413. The second kappa shape index (κ2) is 9.84. The van der Waals surface area contributed by atoms with Gasteiger partial charge in [-0.3, -0.25) is 9.59 Å². The molecule has 0 saturated heterocycles. The van der Waals surface area contributed by atoms with Gasteiger partial charge in [0.05, 0.1) is 12.5 Å². The molecule has 0 spiro atoms. The fourth-order valence-electron chi connectivity index (χ4n) is 2.98. The number of amides is 2. The van der Waals surface area contributed by atoms with Gasteiger partial charge in [0.1, 0.15) is 18.2 Å². The van der Waals surface area contributed by atoms with Crippen molar-refractivity contribution in [1.82, 2.24) is 5.32 Å². The van der Waals surface area contributed by atoms with Gasteiger partial charge in [0, 0.05) is 12.8 Å². The van der Waals surface area contributed by atoms with E-state index in [0.717, 1.165) is 5.56 Å². The predicted octanol–water partition coefficient (Wildman–Crippen LogP) is 4.24. The summed E-state index contributed by atoms with van der Waals surface area (Å²) in [4.78, 5) is 24.7. The molecule has 0 aliphatic rings. The highest BCUT2D eigenvalue weighted by Crippen LogP contribution is 2.19. The summed E-state index contributed by atoms with van der Waals surface area (Å²) >= 11 is 0. The van der Waals surface area contributed by atoms with Crippen LogP contribution in [0.2, 0.25) is 0 Å². The third-order valence-electron chi connectivity index (χ3n) is 4.50. The van der Waals surface area contributed by atoms with Crippen molar-refractivity contribution in [3.8, 4) is 0 Å². The summed E-state index contributed by atoms with van der Waals surface area (Å²) < 4.78 is 24.1. The average Bonchev–Trinajstić information content (AvgIpc) is 3.19. The van der Waals surface area contributed by atoms with Crippen molar-refractivity contribution in [2.45, 2.75) is 26.0 Å². The summed E-state index contributed by atoms with van der Waals surface area (Å²) in [6, 6.07) is 16.3. The number of anilines is 1. The Morgan fingerprint density at radius 1 is 1.10 bits per heavy atom. The van der Waals surface area contributed by atoms with Gasteiger partial charge in [0.2, 0.25) is 5.91 Å². The van der Waals surface area contributed by atoms with Gasteiger partial charge < -0.3 is 19.8 Å². The molecule has 30 heavy (non-hydrogen) atoms. The number of nitrogens with one attached hydrogen (secondary N) is 2. The molecule has 0 aliphatic carbocycles. The summed E-state index contributed by atoms with van der Waals surface area (Å²) in [6.07, 6.45) is -0.0640. The SMILES string of the molecule is COCc1ccc(C(=O)NC(C)c2cccc(NC(=O)Cc3ccccc3F)c2)o1. The lowest BCUT2D eigenvalue weighted by Gasteiger charge is -2.15. The zero-order chi connectivity index (χ0) is 21.5. The third kappa shape index (κ3) is 5.55. The zero-order valence-electron chi connectivity index (χ0n) is 16.8. The van der Waals surface area contributed by atoms with Gasteiger partial charge in [-0.1, -0.05) is 30.3 Å². The molecule has 2 N–H and O–H groups in total. The first-order valence-corrected chi connectivity index (χ1v) is 9.48. The molecule has 1 aromatic heterocycles. The van der Waals surface area contributed by atoms with E-state index >= 15 is 0 Å². The van der Waals surface area contributed by atoms with Crippen LogP contribution in [-0.2, 0) is 22.6 Å². The van der Waals surface area contributed by atoms with Crippen LogP contribution in [0.4, 0.5) is 10.1 Å². The minimum absolute atomic E-state index is 0.0640. The average molecular weight is 410 g/mol. The molecule has 3 rings (SSSR count). The van der Waals surface area contributed by atoms with Crippen LogP contribution < -0.4 is 10.6 Å². The summed E-state index contributed by atoms with van der Waals surface area (Å²) in [6.45, 7) is 2.12. The second-order valence-corrected chi connectivity index (χ2v) is 6.84. The maximum Gasteiger partial charge on any atom is 0.287 e. The van der Waals surface area contributed by atoms with E-state index in [1.54, 1.807) is 55.6 Å². The standard InChI is InChI=1S/C23H23FN2O4/c1-15(25-23(28)21-11-10-19(30-21)14-29-2)16-7-5-8-18(12-16)26-22(27)13-17-6-3-4-9-20(17)24/h3-12,15H,13-14H2,1-2H3,(H,25,28)(H,26,27). The first kappa shape index (κ1) is 21.3. The van der Waals surface area contributed by atoms with Crippen molar-refractivity contribution in [2.75, 3.05) is 12.4 Å². The van der Waals surface area contributed by atoms with Gasteiger partial charge >= 0.3 is 0 Å². The van der Waals surface area contributed by atoms with Crippen molar-refractivity contribution < 1.29 is 23.1 Å². The topological polar surface area (TPSA) is 80.6 Å². The van der Waals surface area contributed by atoms with Crippen molar-refractivity contribution >= 4 is 17.5 Å². The number of carbonyl (C=O) groups is 2. The maximum absolute atomic E-state index is 13.7. The highest BCUT2D eigenvalue weighted by molar-refractivity contribution is 5.93. The van der Waals surface area contributed by atoms with E-state index in [4.69, 9.17) is 9.15 Å². The Morgan fingerprint density at radius 3 is 2.67 bits per heavy atom. The third-order valence-corrected chi connectivity index (χ3v) is 4.50. The Hall–Kier alpha value is -3.45. The fraction of sp³-hybridized carbons (Fsp3) is 0.217. The fourth-order valence-corrected chi connectivity index (χ4v) is 2.98. The van der Waals surface area contributed by atoms with E-state index in [0.29, 0.717) is 17.0 Å². The number of carbonyl (C=O) groups excluding carboxylic acids is 2. The number of hydrogen-bond acceptors (Lipinski definition) is 4. The lowest BCUT2D eigenvalue weighted by Crippen LogP contribution is -2.26. The highest BCUT2D eigenvalue weighted by Gasteiger charge is 2.16. The summed E-state index contributed by atoms with van der Waals surface area (Å²) in [7, 11) is 1.55. The lowest BCUT2D eigenvalue weighted by atomic mass is 10.1. The van der Waals surface area contributed by atoms with Crippen LogP contribution in [0.15, 0.2) is 65.1 Å². The first-order chi connectivity index (χ1) is 14.5. The number of benzene rings is 2. The van der Waals surface area contributed by atoms with Crippen LogP contribution in [-0.4, -0.2) is 18.9 Å². The van der Waals surface area contributed by atoms with Gasteiger partial charge in [-0.25, -0.2) is 4.39 Å². The van der Waals surface area contributed by atoms with Crippen molar-refractivity contribution in [3.63, 3.8) is 0 Å². The van der Waals surface area contributed by atoms with Crippen LogP contribution in [0, 0.1) is 5.82 Å². The van der Waals surface area contributed by atoms with Crippen LogP contribution in [0.25, 0.3) is 0 Å². The Bertz CT molecular complexity index is 1030. The maximum atomic E-state index is 13.7. The molecule has 3 aromatic rings. The minimum Gasteiger partial charge on any atom is -0.453 e. The molecule has 0 bridgehead atoms. The van der Waals surface area contributed by atoms with Crippen LogP contribution in [0.3, 0.4) is 0 Å². The molecule has 0 saturated carbocycles. The highest BCUT2D eigenvalue weighted by atomic mass is 19.1. The second-order valence-electron chi connectivity index (χ2n) is 6.84. The van der Waals surface area contributed by atoms with Gasteiger partial charge in [0.15, 0.2) is 5.76 Å². The largest absolute Gasteiger partial charge is 0.453 e. The number of halogens is 1. The molecule has 2 aromatic carbocycles. The van der Waals surface area contributed by atoms with E-state index in [1.807, 2.05) is 13.0 Å². The van der Waals surface area contributed by atoms with Gasteiger partial charge in [0.25, 0.3) is 5.91 Å². The van der Waals surface area contributed by atoms with Crippen LogP contribution in [0.1, 0.15) is 40.4 Å². The Kier molecular flexibility index (Phi) is 6.98. The van der Waals surface area contributed by atoms with Crippen LogP contribution in [0.5, 0.6) is 0 Å². The number of furan rings is 1. The summed E-state index contributed by atoms with van der Waals surface area (Å²) in [5.41, 5.74) is 1.70. The van der Waals surface area contributed by atoms with Gasteiger partial charge in [-0.15, -0.1) is 0 Å². The van der Waals surface area contributed by atoms with Gasteiger partial charge in [-0.05, 0) is 48.4 Å². The van der Waals surface area contributed by atoms with E-state index in [9.17, 15) is 14.0 Å². The molecule has 1 atom stereocenters. The summed E-state index contributed by atoms with van der Waals surface area (Å²) in [5, 5.41) is 5.62. The predicted molar refractivity (Wildman–Crippen MR) is 110 cm³/mol. The van der Waals surface area contributed by atoms with Gasteiger partial charge in [-0.2, -0.15) is 0 Å². The quantitative estimate of drug-likeness (QED) is 0.582. The number of ether oxygens (including phenoxy) is 1. The van der Waals surface area contributed by atoms with Crippen LogP contribution >= 0.6 is 0 Å². The molecule has 1 unspecified atom stereocenters. The van der Waals surface area contributed by atoms with E-state index in [-0.39, 0.29) is 36.6 Å². The normalized spacial score (nSPS) is 11.7.